The molecule has 0 radical (unpaired) electrons. The van der Waals surface area contributed by atoms with Crippen LogP contribution in [0.25, 0.3) is 11.1 Å². The quantitative estimate of drug-likeness (QED) is 0.0140. The van der Waals surface area contributed by atoms with Gasteiger partial charge in [-0.3, -0.25) is 33.7 Å². The summed E-state index contributed by atoms with van der Waals surface area (Å²) in [5.41, 5.74) is 6.89. The number of carbonyl (C=O) groups excluding carboxylic acids is 10. The molecule has 1 spiro atoms. The Morgan fingerprint density at radius 3 is 1.80 bits per heavy atom. The average molecular weight is 1700 g/mol. The second-order valence-corrected chi connectivity index (χ2v) is 30.5. The van der Waals surface area contributed by atoms with Gasteiger partial charge in [-0.1, -0.05) is 91.5 Å². The number of esters is 4. The number of nitrogens with one attached hydrogen (secondary N) is 2. The number of aliphatic hydroxyl groups is 1. The Kier molecular flexibility index (Phi) is 29.7. The highest BCUT2D eigenvalue weighted by Crippen LogP contribution is 2.56. The topological polar surface area (TPSA) is 385 Å². The summed E-state index contributed by atoms with van der Waals surface area (Å²) in [5, 5.41) is 18.2. The standard InChI is InChI=1S/C89H102N6O28/c1-8-30-116-87(105)93-49-59-47-89(27-28-89)52-94(59)82(101)64-43-72(107-5)74(45-68(64)93)114-31-16-9-17-32-115-75-46-69-65(44-73(75)108-6)81(100)92-48-58-19-11-10-18-57(58)42-70(92)83(102)95(69)88(106)118-50-56-24-25-71(122-85-80(121-55(4)98)78(120-54(3)97)77(119-53(2)96)79(123-85)84(103)109-7)67(41-56)91-76(99)26-33-110-35-37-112-39-40-113-38-36-111-34-29-90-86(104)117-51-66-62-22-14-12-20-60(62)61-21-13-15-23-63(61)66/h8,10-15,18-25,41,43-46,59,66,70,77-80,83,85,102H,1,9,16-17,26-40,42,47-52H2,2-7H3,(H,90,104)(H,91,99)/t59-,70-,77-,78-,79-,80+,83-,85+/m0/s1. The lowest BCUT2D eigenvalue weighted by Gasteiger charge is -2.43. The fourth-order valence-electron chi connectivity index (χ4n) is 16.2. The normalized spacial score (nSPS) is 19.9. The van der Waals surface area contributed by atoms with Crippen LogP contribution in [0.15, 0.2) is 128 Å². The number of methoxy groups -OCH3 is 3. The van der Waals surface area contributed by atoms with Gasteiger partial charge in [-0.05, 0) is 114 Å². The molecule has 34 heteroatoms. The first-order valence-electron chi connectivity index (χ1n) is 40.9. The van der Waals surface area contributed by atoms with Crippen LogP contribution < -0.4 is 44.1 Å². The molecule has 34 nitrogen and oxygen atoms in total. The molecule has 6 aromatic rings. The van der Waals surface area contributed by atoms with Crippen LogP contribution in [-0.2, 0) is 100 Å². The van der Waals surface area contributed by atoms with Gasteiger partial charge in [0.1, 0.15) is 25.6 Å². The van der Waals surface area contributed by atoms with E-state index in [1.54, 1.807) is 12.1 Å². The number of amides is 6. The number of unbranched alkanes of at least 4 members (excludes halogenated alkanes) is 2. The second-order valence-electron chi connectivity index (χ2n) is 30.5. The smallest absolute Gasteiger partial charge is 0.416 e. The summed E-state index contributed by atoms with van der Waals surface area (Å²) in [5.74, 6) is -4.67. The molecular formula is C89H102N6O28. The number of carbonyl (C=O) groups is 10. The Bertz CT molecular complexity index is 4820. The van der Waals surface area contributed by atoms with E-state index in [4.69, 9.17) is 80.5 Å². The van der Waals surface area contributed by atoms with Gasteiger partial charge < -0.3 is 106 Å². The van der Waals surface area contributed by atoms with Gasteiger partial charge in [0.25, 0.3) is 11.8 Å². The summed E-state index contributed by atoms with van der Waals surface area (Å²) in [6.07, 6.45) is -7.22. The van der Waals surface area contributed by atoms with Crippen molar-refractivity contribution in [1.29, 1.82) is 0 Å². The van der Waals surface area contributed by atoms with E-state index < -0.39 is 104 Å². The number of anilines is 3. The van der Waals surface area contributed by atoms with Crippen molar-refractivity contribution in [3.05, 3.63) is 167 Å². The van der Waals surface area contributed by atoms with E-state index in [0.29, 0.717) is 48.6 Å². The lowest BCUT2D eigenvalue weighted by molar-refractivity contribution is -0.282. The molecule has 656 valence electrons. The lowest BCUT2D eigenvalue weighted by atomic mass is 9.93. The molecule has 0 bridgehead atoms. The zero-order chi connectivity index (χ0) is 86.8. The Hall–Kier alpha value is -12.1. The van der Waals surface area contributed by atoms with Gasteiger partial charge >= 0.3 is 42.2 Å². The van der Waals surface area contributed by atoms with Gasteiger partial charge in [-0.2, -0.15) is 0 Å². The van der Waals surface area contributed by atoms with E-state index in [1.165, 1.54) is 60.4 Å². The minimum absolute atomic E-state index is 0.0192. The van der Waals surface area contributed by atoms with Crippen LogP contribution in [0.2, 0.25) is 0 Å². The maximum atomic E-state index is 15.2. The van der Waals surface area contributed by atoms with Crippen molar-refractivity contribution in [3.8, 4) is 39.9 Å². The third-order valence-electron chi connectivity index (χ3n) is 22.2. The molecule has 3 fully saturated rings. The summed E-state index contributed by atoms with van der Waals surface area (Å²) in [6.45, 7) is 9.18. The van der Waals surface area contributed by atoms with Crippen molar-refractivity contribution >= 4 is 76.9 Å². The number of hydrogen-bond acceptors (Lipinski definition) is 28. The zero-order valence-electron chi connectivity index (χ0n) is 69.4. The van der Waals surface area contributed by atoms with Crippen molar-refractivity contribution in [3.63, 3.8) is 0 Å². The molecule has 1 saturated carbocycles. The predicted octanol–water partition coefficient (Wildman–Crippen LogP) is 9.52. The summed E-state index contributed by atoms with van der Waals surface area (Å²) in [7, 11) is 3.90. The molecule has 2 saturated heterocycles. The molecule has 8 atom stereocenters. The van der Waals surface area contributed by atoms with Crippen LogP contribution in [0.3, 0.4) is 0 Å². The number of fused-ring (bicyclic) bond motifs is 8. The van der Waals surface area contributed by atoms with Crippen LogP contribution in [0.1, 0.15) is 120 Å². The summed E-state index contributed by atoms with van der Waals surface area (Å²) in [6, 6.07) is 32.7. The molecule has 123 heavy (non-hydrogen) atoms. The molecule has 3 N–H and O–H groups in total. The molecular weight excluding hydrogens is 1600 g/mol. The highest BCUT2D eigenvalue weighted by atomic mass is 16.7. The number of benzene rings is 6. The van der Waals surface area contributed by atoms with Crippen LogP contribution in [-0.4, -0.2) is 244 Å². The van der Waals surface area contributed by atoms with E-state index in [2.05, 4.69) is 41.5 Å². The fourth-order valence-corrected chi connectivity index (χ4v) is 16.2. The lowest BCUT2D eigenvalue weighted by Crippen LogP contribution is -2.64. The maximum Gasteiger partial charge on any atom is 0.416 e. The van der Waals surface area contributed by atoms with E-state index >= 15 is 9.59 Å². The van der Waals surface area contributed by atoms with Crippen molar-refractivity contribution in [1.82, 2.24) is 15.1 Å². The van der Waals surface area contributed by atoms with Crippen LogP contribution in [0, 0.1) is 5.41 Å². The summed E-state index contributed by atoms with van der Waals surface area (Å²) >= 11 is 0. The van der Waals surface area contributed by atoms with Crippen LogP contribution in [0.5, 0.6) is 28.7 Å². The first-order chi connectivity index (χ1) is 59.6. The Labute approximate surface area is 710 Å². The van der Waals surface area contributed by atoms with Crippen molar-refractivity contribution in [2.24, 2.45) is 5.41 Å². The number of nitrogens with zero attached hydrogens (tertiary/aromatic N) is 4. The fraction of sp³-hybridized carbons (Fsp3) is 0.461. The van der Waals surface area contributed by atoms with E-state index in [9.17, 15) is 43.5 Å². The molecule has 5 aliphatic heterocycles. The first kappa shape index (κ1) is 88.7. The average Bonchev–Trinajstić information content (AvgIpc) is 1.62. The number of hydrogen-bond donors (Lipinski definition) is 3. The van der Waals surface area contributed by atoms with Crippen molar-refractivity contribution in [2.75, 3.05) is 135 Å². The van der Waals surface area contributed by atoms with Gasteiger partial charge in [0.15, 0.2) is 47.5 Å². The van der Waals surface area contributed by atoms with Crippen LogP contribution in [0.4, 0.5) is 31.4 Å². The molecule has 13 rings (SSSR count). The SMILES string of the molecule is C=CCOC(=O)N1C[C@@H]2CC3(CC3)CN2C(=O)c2cc(OC)c(OCCCCCOc3cc4c(cc3OC)C(=O)N3Cc5ccccc5C[C@H]3[C@H](O)N4C(=O)OCc3ccc(O[C@@H]4O[C@H](C(=O)OC)[C@@H](OC(C)=O)[C@H](OC(C)=O)[C@H]4OC(C)=O)c(NC(=O)CCOCCOCCOCCOCCNC(=O)OCC4c5ccccc5-c5ccccc54)c3)cc21. The molecule has 0 aromatic heterocycles. The van der Waals surface area contributed by atoms with Gasteiger partial charge in [0.05, 0.1) is 134 Å². The number of alkyl carbamates (subject to hydrolysis) is 1. The number of ether oxygens (including phenoxy) is 17. The Morgan fingerprint density at radius 1 is 0.593 bits per heavy atom. The molecule has 0 unspecified atom stereocenters. The minimum atomic E-state index is -1.87. The van der Waals surface area contributed by atoms with Crippen molar-refractivity contribution < 1.29 is 134 Å². The summed E-state index contributed by atoms with van der Waals surface area (Å²) < 4.78 is 98.2. The van der Waals surface area contributed by atoms with E-state index in [1.807, 2.05) is 53.4 Å². The molecule has 5 heterocycles. The van der Waals surface area contributed by atoms with Gasteiger partial charge in [-0.15, -0.1) is 0 Å². The molecule has 7 aliphatic rings. The summed E-state index contributed by atoms with van der Waals surface area (Å²) in [4.78, 5) is 142. The monoisotopic (exact) mass is 1700 g/mol. The number of rotatable bonds is 38. The van der Waals surface area contributed by atoms with Gasteiger partial charge in [0.2, 0.25) is 18.3 Å². The molecule has 6 aromatic carbocycles. The minimum Gasteiger partial charge on any atom is -0.493 e. The van der Waals surface area contributed by atoms with Crippen LogP contribution >= 0.6 is 0 Å². The molecule has 2 aliphatic carbocycles. The van der Waals surface area contributed by atoms with E-state index in [0.717, 1.165) is 85.4 Å². The largest absolute Gasteiger partial charge is 0.493 e. The van der Waals surface area contributed by atoms with Crippen molar-refractivity contribution in [2.45, 2.75) is 140 Å². The second kappa shape index (κ2) is 41.2. The van der Waals surface area contributed by atoms with Gasteiger partial charge in [0, 0.05) is 65.0 Å². The third kappa shape index (κ3) is 21.3. The molecule has 6 amide bonds. The predicted molar refractivity (Wildman–Crippen MR) is 437 cm³/mol. The highest BCUT2D eigenvalue weighted by Gasteiger charge is 2.58. The first-order valence-corrected chi connectivity index (χ1v) is 40.9. The Balaban J connectivity index is 0.646. The third-order valence-corrected chi connectivity index (χ3v) is 22.2. The van der Waals surface area contributed by atoms with E-state index in [-0.39, 0.29) is 175 Å². The number of aliphatic hydroxyl groups excluding tert-OH is 1. The maximum absolute atomic E-state index is 15.2. The van der Waals surface area contributed by atoms with Gasteiger partial charge in [-0.25, -0.2) is 24.1 Å². The Morgan fingerprint density at radius 2 is 1.18 bits per heavy atom. The highest BCUT2D eigenvalue weighted by molar-refractivity contribution is 6.07. The zero-order valence-corrected chi connectivity index (χ0v) is 69.4.